The van der Waals surface area contributed by atoms with Crippen LogP contribution >= 0.6 is 11.3 Å². The van der Waals surface area contributed by atoms with Gasteiger partial charge >= 0.3 is 11.9 Å². The average Bonchev–Trinajstić information content (AvgIpc) is 3.76. The molecule has 7 aromatic rings. The predicted molar refractivity (Wildman–Crippen MR) is 245 cm³/mol. The number of thiophene rings is 1. The summed E-state index contributed by atoms with van der Waals surface area (Å²) in [6.07, 6.45) is 10.6. The Labute approximate surface area is 350 Å². The van der Waals surface area contributed by atoms with Crippen LogP contribution in [-0.4, -0.2) is 26.2 Å². The number of carbonyl (C=O) groups is 2. The summed E-state index contributed by atoms with van der Waals surface area (Å²) in [5.74, 6) is -0.405. The molecule has 0 radical (unpaired) electrons. The second-order valence-electron chi connectivity index (χ2n) is 13.9. The van der Waals surface area contributed by atoms with Gasteiger partial charge in [-0.2, -0.15) is 0 Å². The maximum absolute atomic E-state index is 11.6. The van der Waals surface area contributed by atoms with E-state index in [2.05, 4.69) is 168 Å². The fraction of sp³-hybridized carbons (Fsp3) is 0.115. The number of hydrogen-bond acceptors (Lipinski definition) is 7. The lowest BCUT2D eigenvalue weighted by atomic mass is 10.1. The van der Waals surface area contributed by atoms with Gasteiger partial charge in [0.15, 0.2) is 0 Å². The predicted octanol–water partition coefficient (Wildman–Crippen LogP) is 13.2. The van der Waals surface area contributed by atoms with Gasteiger partial charge in [0.05, 0.1) is 14.2 Å². The Kier molecular flexibility index (Phi) is 13.6. The average molecular weight is 795 g/mol. The second kappa shape index (κ2) is 19.9. The molecule has 0 atom stereocenters. The molecule has 1 heterocycles. The van der Waals surface area contributed by atoms with Gasteiger partial charge in [0.25, 0.3) is 0 Å². The molecular formula is C52H46N2O4S. The standard InChI is InChI=1S/C52H46N2O4S/c1-57-51(55)37-23-41-17-29-47(30-18-41)53(43-9-5-3-6-10-43)45-25-13-39(14-26-45)21-33-49-35-36-50(59-49)34-22-40-15-27-46(28-16-40)54(44-11-7-4-8-12-44)48-31-19-42(20-32-48)24-38-52(56)58-2/h3-22,25-36H,23-24,37-38H2,1-2H3. The molecular weight excluding hydrogens is 749 g/mol. The van der Waals surface area contributed by atoms with E-state index in [1.165, 1.54) is 24.0 Å². The summed E-state index contributed by atoms with van der Waals surface area (Å²) in [4.78, 5) is 30.1. The van der Waals surface area contributed by atoms with Crippen LogP contribution in [0.3, 0.4) is 0 Å². The first kappa shape index (κ1) is 40.2. The zero-order valence-electron chi connectivity index (χ0n) is 33.2. The van der Waals surface area contributed by atoms with Gasteiger partial charge in [-0.15, -0.1) is 11.3 Å². The molecule has 0 aliphatic heterocycles. The number of aryl methyl sites for hydroxylation is 2. The van der Waals surface area contributed by atoms with E-state index in [9.17, 15) is 9.59 Å². The molecule has 0 N–H and O–H groups in total. The van der Waals surface area contributed by atoms with Crippen LogP contribution in [-0.2, 0) is 31.9 Å². The van der Waals surface area contributed by atoms with E-state index in [4.69, 9.17) is 9.47 Å². The quantitative estimate of drug-likeness (QED) is 0.0908. The van der Waals surface area contributed by atoms with Crippen LogP contribution in [0.2, 0.25) is 0 Å². The molecule has 7 heteroatoms. The number of carbonyl (C=O) groups excluding carboxylic acids is 2. The largest absolute Gasteiger partial charge is 0.469 e. The van der Waals surface area contributed by atoms with Gasteiger partial charge in [0.2, 0.25) is 0 Å². The molecule has 0 amide bonds. The van der Waals surface area contributed by atoms with Crippen molar-refractivity contribution in [2.24, 2.45) is 0 Å². The summed E-state index contributed by atoms with van der Waals surface area (Å²) in [5.41, 5.74) is 10.8. The molecule has 59 heavy (non-hydrogen) atoms. The molecule has 0 bridgehead atoms. The number of benzene rings is 6. The highest BCUT2D eigenvalue weighted by molar-refractivity contribution is 7.13. The number of rotatable bonds is 16. The van der Waals surface area contributed by atoms with Gasteiger partial charge < -0.3 is 19.3 Å². The molecule has 6 aromatic carbocycles. The van der Waals surface area contributed by atoms with Crippen LogP contribution in [0.5, 0.6) is 0 Å². The summed E-state index contributed by atoms with van der Waals surface area (Å²) >= 11 is 1.75. The van der Waals surface area contributed by atoms with Gasteiger partial charge in [-0.05, 0) is 132 Å². The monoisotopic (exact) mass is 794 g/mol. The van der Waals surface area contributed by atoms with Crippen LogP contribution in [0.4, 0.5) is 34.1 Å². The maximum atomic E-state index is 11.6. The Morgan fingerprint density at radius 1 is 0.424 bits per heavy atom. The van der Waals surface area contributed by atoms with E-state index >= 15 is 0 Å². The van der Waals surface area contributed by atoms with E-state index in [1.807, 2.05) is 36.4 Å². The fourth-order valence-corrected chi connectivity index (χ4v) is 7.56. The highest BCUT2D eigenvalue weighted by Crippen LogP contribution is 2.36. The minimum absolute atomic E-state index is 0.202. The first-order chi connectivity index (χ1) is 28.9. The van der Waals surface area contributed by atoms with E-state index < -0.39 is 0 Å². The Morgan fingerprint density at radius 3 is 1.08 bits per heavy atom. The number of hydrogen-bond donors (Lipinski definition) is 0. The smallest absolute Gasteiger partial charge is 0.305 e. The minimum atomic E-state index is -0.202. The first-order valence-electron chi connectivity index (χ1n) is 19.6. The van der Waals surface area contributed by atoms with Gasteiger partial charge in [-0.1, -0.05) is 97.1 Å². The summed E-state index contributed by atoms with van der Waals surface area (Å²) in [7, 11) is 2.84. The van der Waals surface area contributed by atoms with E-state index in [1.54, 1.807) is 11.3 Å². The van der Waals surface area contributed by atoms with Crippen molar-refractivity contribution in [2.45, 2.75) is 25.7 Å². The summed E-state index contributed by atoms with van der Waals surface area (Å²) in [5, 5.41) is 0. The van der Waals surface area contributed by atoms with Gasteiger partial charge in [0, 0.05) is 56.7 Å². The van der Waals surface area contributed by atoms with Crippen molar-refractivity contribution >= 4 is 81.7 Å². The molecule has 0 fully saturated rings. The topological polar surface area (TPSA) is 59.1 Å². The number of esters is 2. The molecule has 0 aliphatic carbocycles. The number of para-hydroxylation sites is 2. The van der Waals surface area contributed by atoms with Crippen molar-refractivity contribution in [3.05, 3.63) is 202 Å². The lowest BCUT2D eigenvalue weighted by Crippen LogP contribution is -2.10. The van der Waals surface area contributed by atoms with Crippen LogP contribution in [0.25, 0.3) is 24.3 Å². The molecule has 6 nitrogen and oxygen atoms in total. The van der Waals surface area contributed by atoms with E-state index in [0.29, 0.717) is 25.7 Å². The third kappa shape index (κ3) is 10.9. The fourth-order valence-electron chi connectivity index (χ4n) is 6.74. The Bertz CT molecular complexity index is 2300. The zero-order valence-corrected chi connectivity index (χ0v) is 34.1. The lowest BCUT2D eigenvalue weighted by Gasteiger charge is -2.25. The summed E-state index contributed by atoms with van der Waals surface area (Å²) < 4.78 is 9.61. The Balaban J connectivity index is 1.00. The molecule has 0 saturated heterocycles. The molecule has 0 saturated carbocycles. The number of methoxy groups -OCH3 is 2. The molecule has 294 valence electrons. The van der Waals surface area contributed by atoms with Crippen molar-refractivity contribution in [1.82, 2.24) is 0 Å². The summed E-state index contributed by atoms with van der Waals surface area (Å²) in [6, 6.07) is 58.9. The van der Waals surface area contributed by atoms with Crippen LogP contribution in [0, 0.1) is 0 Å². The van der Waals surface area contributed by atoms with Crippen molar-refractivity contribution in [1.29, 1.82) is 0 Å². The van der Waals surface area contributed by atoms with E-state index in [0.717, 1.165) is 56.4 Å². The maximum Gasteiger partial charge on any atom is 0.305 e. The SMILES string of the molecule is COC(=O)CCc1ccc(N(c2ccccc2)c2ccc(C=Cc3ccc(C=Cc4ccc(N(c5ccccc5)c5ccc(CCC(=O)OC)cc5)cc4)s3)cc2)cc1. The number of anilines is 6. The molecule has 1 aromatic heterocycles. The van der Waals surface area contributed by atoms with Gasteiger partial charge in [0.1, 0.15) is 0 Å². The van der Waals surface area contributed by atoms with Crippen LogP contribution in [0.1, 0.15) is 44.8 Å². The van der Waals surface area contributed by atoms with Gasteiger partial charge in [-0.3, -0.25) is 9.59 Å². The lowest BCUT2D eigenvalue weighted by molar-refractivity contribution is -0.141. The second-order valence-corrected chi connectivity index (χ2v) is 15.1. The highest BCUT2D eigenvalue weighted by atomic mass is 32.1. The molecule has 0 spiro atoms. The summed E-state index contributed by atoms with van der Waals surface area (Å²) in [6.45, 7) is 0. The zero-order chi connectivity index (χ0) is 40.8. The van der Waals surface area contributed by atoms with Crippen molar-refractivity contribution < 1.29 is 19.1 Å². The van der Waals surface area contributed by atoms with Crippen LogP contribution in [0.15, 0.2) is 170 Å². The molecule has 7 rings (SSSR count). The highest BCUT2D eigenvalue weighted by Gasteiger charge is 2.14. The van der Waals surface area contributed by atoms with Crippen molar-refractivity contribution in [3.63, 3.8) is 0 Å². The van der Waals surface area contributed by atoms with Crippen LogP contribution < -0.4 is 9.80 Å². The Hall–Kier alpha value is -6.96. The normalized spacial score (nSPS) is 11.2. The Morgan fingerprint density at radius 2 is 0.746 bits per heavy atom. The third-order valence-corrected chi connectivity index (χ3v) is 11.0. The molecule has 0 unspecified atom stereocenters. The van der Waals surface area contributed by atoms with E-state index in [-0.39, 0.29) is 11.9 Å². The molecule has 0 aliphatic rings. The number of ether oxygens (including phenoxy) is 2. The number of nitrogens with zero attached hydrogens (tertiary/aromatic N) is 2. The third-order valence-electron chi connectivity index (χ3n) is 9.94. The minimum Gasteiger partial charge on any atom is -0.469 e. The van der Waals surface area contributed by atoms with Crippen molar-refractivity contribution in [3.8, 4) is 0 Å². The van der Waals surface area contributed by atoms with Gasteiger partial charge in [-0.25, -0.2) is 0 Å². The van der Waals surface area contributed by atoms with Crippen molar-refractivity contribution in [2.75, 3.05) is 24.0 Å². The first-order valence-corrected chi connectivity index (χ1v) is 20.5.